The minimum atomic E-state index is -0.855. The van der Waals surface area contributed by atoms with Crippen LogP contribution in [0.1, 0.15) is 15.9 Å². The van der Waals surface area contributed by atoms with Crippen LogP contribution in [0.5, 0.6) is 0 Å². The highest BCUT2D eigenvalue weighted by atomic mass is 79.9. The zero-order valence-electron chi connectivity index (χ0n) is 9.59. The largest absolute Gasteiger partial charge is 0.294 e. The Morgan fingerprint density at radius 3 is 2.21 bits per heavy atom. The molecule has 1 nitrogen and oxygen atoms in total. The third-order valence-corrected chi connectivity index (χ3v) is 3.49. The zero-order chi connectivity index (χ0) is 14.0. The molecule has 0 aliphatic heterocycles. The number of carbonyl (C=O) groups is 1. The van der Waals surface area contributed by atoms with Gasteiger partial charge in [0, 0.05) is 15.4 Å². The molecule has 0 spiro atoms. The van der Waals surface area contributed by atoms with Crippen LogP contribution in [0.25, 0.3) is 0 Å². The second-order valence-corrected chi connectivity index (χ2v) is 5.81. The van der Waals surface area contributed by atoms with Gasteiger partial charge < -0.3 is 0 Å². The van der Waals surface area contributed by atoms with E-state index in [4.69, 9.17) is 0 Å². The second-order valence-electron chi connectivity index (χ2n) is 3.97. The van der Waals surface area contributed by atoms with Crippen molar-refractivity contribution < 1.29 is 13.6 Å². The van der Waals surface area contributed by atoms with E-state index >= 15 is 0 Å². The smallest absolute Gasteiger partial charge is 0.173 e. The lowest BCUT2D eigenvalue weighted by Gasteiger charge is -2.05. The summed E-state index contributed by atoms with van der Waals surface area (Å²) in [7, 11) is 0. The predicted octanol–water partition coefficient (Wildman–Crippen LogP) is 4.92. The van der Waals surface area contributed by atoms with Gasteiger partial charge in [-0.1, -0.05) is 44.0 Å². The topological polar surface area (TPSA) is 17.1 Å². The molecule has 0 bridgehead atoms. The Labute approximate surface area is 125 Å². The molecule has 5 heteroatoms. The van der Waals surface area contributed by atoms with Gasteiger partial charge in [-0.05, 0) is 29.8 Å². The second kappa shape index (κ2) is 5.92. The predicted molar refractivity (Wildman–Crippen MR) is 76.2 cm³/mol. The van der Waals surface area contributed by atoms with E-state index < -0.39 is 23.0 Å². The molecule has 0 fully saturated rings. The molecule has 2 rings (SSSR count). The molecule has 19 heavy (non-hydrogen) atoms. The van der Waals surface area contributed by atoms with Crippen molar-refractivity contribution in [3.63, 3.8) is 0 Å². The van der Waals surface area contributed by atoms with E-state index in [1.54, 1.807) is 18.2 Å². The summed E-state index contributed by atoms with van der Waals surface area (Å²) in [5, 5.41) is 0. The quantitative estimate of drug-likeness (QED) is 0.681. The van der Waals surface area contributed by atoms with E-state index in [-0.39, 0.29) is 10.9 Å². The zero-order valence-corrected chi connectivity index (χ0v) is 12.8. The molecule has 0 aliphatic rings. The monoisotopic (exact) mass is 388 g/mol. The third kappa shape index (κ3) is 3.48. The number of carbonyl (C=O) groups excluding carboxylic acids is 1. The van der Waals surface area contributed by atoms with E-state index in [0.717, 1.165) is 16.6 Å². The number of halogens is 4. The van der Waals surface area contributed by atoms with Crippen LogP contribution in [-0.4, -0.2) is 5.78 Å². The van der Waals surface area contributed by atoms with E-state index in [9.17, 15) is 13.6 Å². The summed E-state index contributed by atoms with van der Waals surface area (Å²) in [6.45, 7) is 0. The summed E-state index contributed by atoms with van der Waals surface area (Å²) in [6, 6.07) is 9.22. The lowest BCUT2D eigenvalue weighted by Crippen LogP contribution is -2.09. The molecular formula is C14H8Br2F2O. The minimum absolute atomic E-state index is 0.0467. The number of Topliss-reactive ketones (excluding diaryl/α,β-unsaturated/α-hetero) is 1. The molecule has 2 aromatic carbocycles. The Hall–Kier alpha value is -1.07. The SMILES string of the molecule is O=C(Cc1cccc(Br)c1)c1c(F)cc(Br)cc1F. The van der Waals surface area contributed by atoms with Gasteiger partial charge in [-0.2, -0.15) is 0 Å². The molecule has 0 atom stereocenters. The molecule has 0 heterocycles. The van der Waals surface area contributed by atoms with Gasteiger partial charge >= 0.3 is 0 Å². The number of hydrogen-bond acceptors (Lipinski definition) is 1. The van der Waals surface area contributed by atoms with Crippen molar-refractivity contribution in [3.8, 4) is 0 Å². The fraction of sp³-hybridized carbons (Fsp3) is 0.0714. The summed E-state index contributed by atoms with van der Waals surface area (Å²) < 4.78 is 28.4. The van der Waals surface area contributed by atoms with E-state index in [1.165, 1.54) is 0 Å². The van der Waals surface area contributed by atoms with E-state index in [1.807, 2.05) is 6.07 Å². The van der Waals surface area contributed by atoms with Crippen molar-refractivity contribution in [3.05, 3.63) is 68.1 Å². The highest BCUT2D eigenvalue weighted by molar-refractivity contribution is 9.10. The van der Waals surface area contributed by atoms with Crippen molar-refractivity contribution in [2.75, 3.05) is 0 Å². The van der Waals surface area contributed by atoms with Crippen molar-refractivity contribution >= 4 is 37.6 Å². The molecule has 0 aliphatic carbocycles. The lowest BCUT2D eigenvalue weighted by molar-refractivity contribution is 0.0985. The fourth-order valence-corrected chi connectivity index (χ4v) is 2.58. The first-order chi connectivity index (χ1) is 8.97. The van der Waals surface area contributed by atoms with Crippen LogP contribution in [-0.2, 0) is 6.42 Å². The first-order valence-electron chi connectivity index (χ1n) is 5.39. The molecule has 0 unspecified atom stereocenters. The molecule has 0 radical (unpaired) electrons. The number of rotatable bonds is 3. The normalized spacial score (nSPS) is 10.5. The first-order valence-corrected chi connectivity index (χ1v) is 6.98. The van der Waals surface area contributed by atoms with Crippen LogP contribution >= 0.6 is 31.9 Å². The highest BCUT2D eigenvalue weighted by Crippen LogP contribution is 2.21. The molecule has 0 saturated heterocycles. The molecule has 98 valence electrons. The molecule has 0 amide bonds. The van der Waals surface area contributed by atoms with Gasteiger partial charge in [0.05, 0.1) is 5.56 Å². The van der Waals surface area contributed by atoms with Gasteiger partial charge in [-0.15, -0.1) is 0 Å². The Morgan fingerprint density at radius 1 is 1.00 bits per heavy atom. The van der Waals surface area contributed by atoms with E-state index in [0.29, 0.717) is 5.56 Å². The molecular weight excluding hydrogens is 382 g/mol. The Bertz CT molecular complexity index is 618. The average molecular weight is 390 g/mol. The van der Waals surface area contributed by atoms with Crippen molar-refractivity contribution in [1.82, 2.24) is 0 Å². The summed E-state index contributed by atoms with van der Waals surface area (Å²) in [5.41, 5.74) is 0.198. The van der Waals surface area contributed by atoms with Gasteiger partial charge in [0.1, 0.15) is 11.6 Å². The Kier molecular flexibility index (Phi) is 4.47. The average Bonchev–Trinajstić information content (AvgIpc) is 2.27. The van der Waals surface area contributed by atoms with Gasteiger partial charge in [-0.3, -0.25) is 4.79 Å². The van der Waals surface area contributed by atoms with Crippen molar-refractivity contribution in [1.29, 1.82) is 0 Å². The maximum Gasteiger partial charge on any atom is 0.173 e. The number of benzene rings is 2. The molecule has 0 aromatic heterocycles. The van der Waals surface area contributed by atoms with Crippen molar-refractivity contribution in [2.45, 2.75) is 6.42 Å². The summed E-state index contributed by atoms with van der Waals surface area (Å²) in [4.78, 5) is 12.0. The lowest BCUT2D eigenvalue weighted by atomic mass is 10.0. The number of ketones is 1. The number of hydrogen-bond donors (Lipinski definition) is 0. The van der Waals surface area contributed by atoms with Crippen LogP contribution < -0.4 is 0 Å². The highest BCUT2D eigenvalue weighted by Gasteiger charge is 2.18. The maximum atomic E-state index is 13.6. The van der Waals surface area contributed by atoms with Crippen LogP contribution in [0.4, 0.5) is 8.78 Å². The van der Waals surface area contributed by atoms with Crippen LogP contribution in [0.15, 0.2) is 45.3 Å². The molecule has 0 saturated carbocycles. The Balaban J connectivity index is 2.31. The first kappa shape index (κ1) is 14.3. The Morgan fingerprint density at radius 2 is 1.63 bits per heavy atom. The fourth-order valence-electron chi connectivity index (χ4n) is 1.73. The minimum Gasteiger partial charge on any atom is -0.294 e. The van der Waals surface area contributed by atoms with Crippen LogP contribution in [0.3, 0.4) is 0 Å². The van der Waals surface area contributed by atoms with Gasteiger partial charge in [0.25, 0.3) is 0 Å². The van der Waals surface area contributed by atoms with E-state index in [2.05, 4.69) is 31.9 Å². The van der Waals surface area contributed by atoms with Gasteiger partial charge in [-0.25, -0.2) is 8.78 Å². The standard InChI is InChI=1S/C14H8Br2F2O/c15-9-3-1-2-8(4-9)5-13(19)14-11(17)6-10(16)7-12(14)18/h1-4,6-7H,5H2. The van der Waals surface area contributed by atoms with Crippen LogP contribution in [0, 0.1) is 11.6 Å². The maximum absolute atomic E-state index is 13.6. The van der Waals surface area contributed by atoms with Gasteiger partial charge in [0.2, 0.25) is 0 Å². The van der Waals surface area contributed by atoms with Gasteiger partial charge in [0.15, 0.2) is 5.78 Å². The van der Waals surface area contributed by atoms with Crippen LogP contribution in [0.2, 0.25) is 0 Å². The molecule has 0 N–H and O–H groups in total. The van der Waals surface area contributed by atoms with Crippen molar-refractivity contribution in [2.24, 2.45) is 0 Å². The summed E-state index contributed by atoms with van der Waals surface area (Å²) >= 11 is 6.26. The summed E-state index contributed by atoms with van der Waals surface area (Å²) in [5.74, 6) is -2.29. The summed E-state index contributed by atoms with van der Waals surface area (Å²) in [6.07, 6.45) is -0.0467. The third-order valence-electron chi connectivity index (χ3n) is 2.54. The molecule has 2 aromatic rings.